The van der Waals surface area contributed by atoms with Gasteiger partial charge in [0.05, 0.1) is 0 Å². The molecule has 0 spiro atoms. The maximum atomic E-state index is 6.54. The number of hydrogen-bond acceptors (Lipinski definition) is 2. The van der Waals surface area contributed by atoms with Gasteiger partial charge in [-0.2, -0.15) is 0 Å². The Morgan fingerprint density at radius 1 is 1.24 bits per heavy atom. The molecule has 1 atom stereocenters. The predicted octanol–water partition coefficient (Wildman–Crippen LogP) is 3.87. The number of hydrogen-bond donors (Lipinski definition) is 0. The van der Waals surface area contributed by atoms with E-state index in [1.54, 1.807) is 0 Å². The molecule has 2 aliphatic rings. The second-order valence-corrected chi connectivity index (χ2v) is 19.4. The average Bonchev–Trinajstić information content (AvgIpc) is 2.46. The molecule has 0 aromatic carbocycles. The fourth-order valence-electron chi connectivity index (χ4n) is 2.29. The molecule has 96 valence electrons. The van der Waals surface area contributed by atoms with Crippen LogP contribution < -0.4 is 0 Å². The summed E-state index contributed by atoms with van der Waals surface area (Å²) >= 11 is -2.85. The van der Waals surface area contributed by atoms with Gasteiger partial charge in [-0.25, -0.2) is 0 Å². The van der Waals surface area contributed by atoms with E-state index in [4.69, 9.17) is 29.3 Å². The third-order valence-corrected chi connectivity index (χ3v) is 13.2. The van der Waals surface area contributed by atoms with Gasteiger partial charge < -0.3 is 0 Å². The Morgan fingerprint density at radius 2 is 1.71 bits per heavy atom. The van der Waals surface area contributed by atoms with Gasteiger partial charge in [0, 0.05) is 0 Å². The van der Waals surface area contributed by atoms with Gasteiger partial charge in [-0.1, -0.05) is 0 Å². The van der Waals surface area contributed by atoms with Crippen molar-refractivity contribution in [3.05, 3.63) is 11.6 Å². The van der Waals surface area contributed by atoms with Crippen LogP contribution in [-0.4, -0.2) is 29.7 Å². The minimum absolute atomic E-state index is 0.0828. The third-order valence-electron chi connectivity index (χ3n) is 4.03. The van der Waals surface area contributed by atoms with Crippen molar-refractivity contribution in [2.75, 3.05) is 0 Å². The summed E-state index contributed by atoms with van der Waals surface area (Å²) in [6.45, 7) is 10.3. The average molecular weight is 338 g/mol. The molecule has 1 saturated heterocycles. The molecule has 0 saturated carbocycles. The van der Waals surface area contributed by atoms with Gasteiger partial charge in [-0.05, 0) is 0 Å². The molecule has 2 aliphatic heterocycles. The Hall–Kier alpha value is 0.848. The SMILES string of the molecule is CC1=C[CH](B2OC(C)(C)C(C)(C)O2)[Ge]([Cl])([Cl])[CH2]1. The Morgan fingerprint density at radius 3 is 2.06 bits per heavy atom. The van der Waals surface area contributed by atoms with Gasteiger partial charge in [-0.3, -0.25) is 0 Å². The first-order chi connectivity index (χ1) is 7.55. The van der Waals surface area contributed by atoms with Crippen LogP contribution in [0.25, 0.3) is 0 Å². The monoisotopic (exact) mass is 338 g/mol. The zero-order valence-electron chi connectivity index (χ0n) is 11.0. The molecule has 0 radical (unpaired) electrons. The van der Waals surface area contributed by atoms with Crippen molar-refractivity contribution in [1.29, 1.82) is 0 Å². The van der Waals surface area contributed by atoms with Crippen molar-refractivity contribution in [2.45, 2.75) is 55.7 Å². The van der Waals surface area contributed by atoms with Crippen LogP contribution in [0.1, 0.15) is 34.6 Å². The zero-order chi connectivity index (χ0) is 13.1. The number of allylic oxidation sites excluding steroid dienone is 2. The molecule has 17 heavy (non-hydrogen) atoms. The molecule has 0 aliphatic carbocycles. The van der Waals surface area contributed by atoms with Crippen LogP contribution in [0.15, 0.2) is 11.6 Å². The van der Waals surface area contributed by atoms with E-state index >= 15 is 0 Å². The second-order valence-electron chi connectivity index (χ2n) is 6.10. The zero-order valence-corrected chi connectivity index (χ0v) is 14.6. The van der Waals surface area contributed by atoms with E-state index in [9.17, 15) is 0 Å². The van der Waals surface area contributed by atoms with E-state index in [0.29, 0.717) is 0 Å². The van der Waals surface area contributed by atoms with E-state index in [0.717, 1.165) is 5.25 Å². The fourth-order valence-corrected chi connectivity index (χ4v) is 10.7. The molecule has 0 amide bonds. The quantitative estimate of drug-likeness (QED) is 0.534. The molecule has 0 bridgehead atoms. The van der Waals surface area contributed by atoms with E-state index in [2.05, 4.69) is 40.7 Å². The molecule has 0 aromatic heterocycles. The third kappa shape index (κ3) is 2.46. The molecule has 6 heteroatoms. The number of rotatable bonds is 1. The van der Waals surface area contributed by atoms with Gasteiger partial charge in [0.25, 0.3) is 0 Å². The molecular formula is C11H19BCl2GeO2. The minimum atomic E-state index is -2.85. The molecule has 0 N–H and O–H groups in total. The van der Waals surface area contributed by atoms with Crippen molar-refractivity contribution in [3.8, 4) is 0 Å². The Balaban J connectivity index is 2.22. The van der Waals surface area contributed by atoms with Crippen LogP contribution in [0.2, 0.25) is 9.90 Å². The molecule has 1 fully saturated rings. The molecule has 2 nitrogen and oxygen atoms in total. The van der Waals surface area contributed by atoms with E-state index in [1.165, 1.54) is 5.57 Å². The number of halogens is 2. The summed E-state index contributed by atoms with van der Waals surface area (Å²) in [5.74, 6) is 0. The predicted molar refractivity (Wildman–Crippen MR) is 75.9 cm³/mol. The van der Waals surface area contributed by atoms with Gasteiger partial charge in [0.1, 0.15) is 0 Å². The van der Waals surface area contributed by atoms with Crippen molar-refractivity contribution in [3.63, 3.8) is 0 Å². The standard InChI is InChI=1S/C11H19BCl2GeO2/c1-8-6-9(15(13,14)7-8)12-16-10(2,3)11(4,5)17-12/h6,9H,7H2,1-5H3. The van der Waals surface area contributed by atoms with Crippen molar-refractivity contribution in [1.82, 2.24) is 0 Å². The first-order valence-corrected chi connectivity index (χ1v) is 14.2. The van der Waals surface area contributed by atoms with Crippen LogP contribution in [0.5, 0.6) is 0 Å². The van der Waals surface area contributed by atoms with Gasteiger partial charge in [0.2, 0.25) is 0 Å². The van der Waals surface area contributed by atoms with Gasteiger partial charge in [0.15, 0.2) is 0 Å². The second kappa shape index (κ2) is 4.17. The van der Waals surface area contributed by atoms with E-state index in [1.807, 2.05) is 0 Å². The summed E-state index contributed by atoms with van der Waals surface area (Å²) in [6, 6.07) is 0. The summed E-state index contributed by atoms with van der Waals surface area (Å²) in [5.41, 5.74) is 0.650. The Labute approximate surface area is 115 Å². The van der Waals surface area contributed by atoms with Gasteiger partial charge >= 0.3 is 115 Å². The van der Waals surface area contributed by atoms with Crippen LogP contribution >= 0.6 is 20.0 Å². The first-order valence-electron chi connectivity index (χ1n) is 5.96. The van der Waals surface area contributed by atoms with Crippen molar-refractivity contribution >= 4 is 38.5 Å². The topological polar surface area (TPSA) is 18.5 Å². The van der Waals surface area contributed by atoms with Gasteiger partial charge in [-0.15, -0.1) is 0 Å². The Bertz CT molecular complexity index is 352. The molecule has 2 rings (SSSR count). The molecule has 0 aromatic rings. The Kier molecular flexibility index (Phi) is 3.50. The van der Waals surface area contributed by atoms with Crippen molar-refractivity contribution < 1.29 is 9.31 Å². The maximum absolute atomic E-state index is 6.54. The van der Waals surface area contributed by atoms with Crippen LogP contribution in [-0.2, 0) is 9.31 Å². The normalized spacial score (nSPS) is 33.9. The summed E-state index contributed by atoms with van der Waals surface area (Å²) in [5, 5.41) is 0.859. The molecular weight excluding hydrogens is 318 g/mol. The first kappa shape index (κ1) is 14.3. The van der Waals surface area contributed by atoms with Crippen LogP contribution in [0.3, 0.4) is 0 Å². The molecule has 1 unspecified atom stereocenters. The molecule has 2 heterocycles. The van der Waals surface area contributed by atoms with Crippen molar-refractivity contribution in [2.24, 2.45) is 0 Å². The van der Waals surface area contributed by atoms with Crippen LogP contribution in [0, 0.1) is 0 Å². The summed E-state index contributed by atoms with van der Waals surface area (Å²) in [6.07, 6.45) is 2.15. The summed E-state index contributed by atoms with van der Waals surface area (Å²) < 4.78 is 12.2. The summed E-state index contributed by atoms with van der Waals surface area (Å²) in [4.78, 5) is 0. The fraction of sp³-hybridized carbons (Fsp3) is 0.818. The van der Waals surface area contributed by atoms with E-state index < -0.39 is 11.4 Å². The summed E-state index contributed by atoms with van der Waals surface area (Å²) in [7, 11) is 12.8. The van der Waals surface area contributed by atoms with E-state index in [-0.39, 0.29) is 23.0 Å². The van der Waals surface area contributed by atoms with Crippen LogP contribution in [0.4, 0.5) is 0 Å².